The van der Waals surface area contributed by atoms with Crippen molar-refractivity contribution in [3.8, 4) is 5.75 Å². The maximum absolute atomic E-state index is 12.8. The Labute approximate surface area is 484 Å². The van der Waals surface area contributed by atoms with Crippen LogP contribution in [0.2, 0.25) is 0 Å². The molecular weight excluding hydrogens is 1160 g/mol. The third-order valence-electron chi connectivity index (χ3n) is 14.9. The minimum atomic E-state index is -4.59. The Kier molecular flexibility index (Phi) is 20.1. The zero-order valence-electron chi connectivity index (χ0n) is 46.4. The van der Waals surface area contributed by atoms with Crippen molar-refractivity contribution >= 4 is 81.2 Å². The Hall–Kier alpha value is -6.65. The Bertz CT molecular complexity index is 3690. The van der Waals surface area contributed by atoms with E-state index in [1.165, 1.54) is 48.5 Å². The first-order valence-corrected chi connectivity index (χ1v) is 33.0. The van der Waals surface area contributed by atoms with Gasteiger partial charge in [-0.25, -0.2) is 4.79 Å². The molecule has 3 aliphatic heterocycles. The topological polar surface area (TPSA) is 326 Å². The van der Waals surface area contributed by atoms with Crippen molar-refractivity contribution in [2.45, 2.75) is 143 Å². The number of hydroxylamine groups is 2. The van der Waals surface area contributed by atoms with Gasteiger partial charge in [0, 0.05) is 79.0 Å². The molecule has 0 saturated heterocycles. The molecule has 0 fully saturated rings. The summed E-state index contributed by atoms with van der Waals surface area (Å²) in [6, 6.07) is 13.9. The van der Waals surface area contributed by atoms with Gasteiger partial charge in [0.15, 0.2) is 5.71 Å². The van der Waals surface area contributed by atoms with Crippen LogP contribution in [0.15, 0.2) is 134 Å². The summed E-state index contributed by atoms with van der Waals surface area (Å²) in [5.41, 5.74) is 3.79. The quantitative estimate of drug-likeness (QED) is 0.0208. The minimum Gasteiger partial charge on any atom is -0.457 e. The number of amides is 3. The summed E-state index contributed by atoms with van der Waals surface area (Å²) in [6.45, 7) is 8.83. The van der Waals surface area contributed by atoms with Crippen LogP contribution in [0.25, 0.3) is 0 Å². The second-order valence-electron chi connectivity index (χ2n) is 21.7. The molecule has 0 spiro atoms. The molecule has 0 unspecified atom stereocenters. The Balaban J connectivity index is 1.13. The molecule has 4 aliphatic rings. The molecule has 7 rings (SSSR count). The molecule has 0 aromatic heterocycles. The molecule has 5 N–H and O–H groups in total. The molecule has 3 heterocycles. The average molecular weight is 1230 g/mol. The SMILES string of the molecule is CC1(C)C(/C=C\C2=C(Oc3ccc(S(=O)(=O)O)cc3)C(=C\C=C3\N(CCCCS(=O)(=O)O)c4ccc(S(=O)(=O)O)cc4C3(C)C)/CCC2)=[N+](CCCCCC(=O)NCCCCCCC(=O)ON2C(=O)C=CC2=O)c2ccc(S(=O)(=O)O)cc21. The fourth-order valence-electron chi connectivity index (χ4n) is 10.6. The van der Waals surface area contributed by atoms with Crippen LogP contribution < -0.4 is 15.0 Å². The van der Waals surface area contributed by atoms with Gasteiger partial charge in [-0.2, -0.15) is 38.2 Å². The van der Waals surface area contributed by atoms with E-state index in [0.717, 1.165) is 35.5 Å². The number of fused-ring (bicyclic) bond motifs is 2. The number of unbranched alkanes of at least 4 members (excludes halogenated alkanes) is 6. The van der Waals surface area contributed by atoms with Crippen LogP contribution in [-0.2, 0) is 75.3 Å². The van der Waals surface area contributed by atoms with Crippen molar-refractivity contribution in [2.24, 2.45) is 0 Å². The zero-order chi connectivity index (χ0) is 60.7. The summed E-state index contributed by atoms with van der Waals surface area (Å²) in [5, 5.41) is 3.35. The van der Waals surface area contributed by atoms with E-state index in [-0.39, 0.29) is 52.2 Å². The molecule has 3 aromatic rings. The van der Waals surface area contributed by atoms with E-state index >= 15 is 0 Å². The summed E-state index contributed by atoms with van der Waals surface area (Å²) in [6.07, 6.45) is 16.4. The van der Waals surface area contributed by atoms with Crippen molar-refractivity contribution < 1.29 is 85.2 Å². The van der Waals surface area contributed by atoms with Crippen LogP contribution in [0.3, 0.4) is 0 Å². The smallest absolute Gasteiger partial charge is 0.333 e. The molecule has 0 radical (unpaired) electrons. The number of nitrogens with zero attached hydrogens (tertiary/aromatic N) is 3. The van der Waals surface area contributed by atoms with Crippen LogP contribution in [0, 0.1) is 0 Å². The summed E-state index contributed by atoms with van der Waals surface area (Å²) < 4.78 is 145. The van der Waals surface area contributed by atoms with Crippen molar-refractivity contribution in [2.75, 3.05) is 30.3 Å². The highest BCUT2D eigenvalue weighted by Crippen LogP contribution is 2.49. The lowest BCUT2D eigenvalue weighted by atomic mass is 9.81. The molecule has 3 aromatic carbocycles. The standard InChI is InChI=1S/C57H68N4O18S4/c1-56(2)45-37-43(82(72,73)74)25-27-47(45)59(34-11-7-8-17-51(62)58-33-10-6-5-9-18-54(65)79-61-52(63)31-32-53(61)64)49(56)29-19-39-15-14-16-40(55(39)78-41-21-23-42(24-22-41)81(69,70)71)20-30-50-57(3,4)46-38-44(83(75,76)77)26-28-48(46)60(50)35-12-13-36-80(66,67)68/h19-32,37-38H,5-18,33-36H2,1-4H3,(H4-,58,62,66,67,68,69,70,71,72,73,74,75,76,77)/p+1. The first-order chi connectivity index (χ1) is 38.9. The number of carbonyl (C=O) groups is 4. The first kappa shape index (κ1) is 63.9. The highest BCUT2D eigenvalue weighted by Gasteiger charge is 2.45. The van der Waals surface area contributed by atoms with Crippen LogP contribution in [0.4, 0.5) is 11.4 Å². The number of hydrogen-bond acceptors (Lipinski definition) is 15. The highest BCUT2D eigenvalue weighted by atomic mass is 32.2. The van der Waals surface area contributed by atoms with Crippen LogP contribution >= 0.6 is 0 Å². The second-order valence-corrected chi connectivity index (χ2v) is 27.5. The lowest BCUT2D eigenvalue weighted by Crippen LogP contribution is -2.32. The third-order valence-corrected chi connectivity index (χ3v) is 18.3. The van der Waals surface area contributed by atoms with Crippen LogP contribution in [0.1, 0.15) is 129 Å². The van der Waals surface area contributed by atoms with Crippen molar-refractivity contribution in [3.05, 3.63) is 131 Å². The van der Waals surface area contributed by atoms with Crippen LogP contribution in [-0.4, -0.2) is 116 Å². The molecule has 1 aliphatic carbocycles. The molecule has 0 bridgehead atoms. The van der Waals surface area contributed by atoms with Gasteiger partial charge in [-0.15, -0.1) is 0 Å². The van der Waals surface area contributed by atoms with Gasteiger partial charge >= 0.3 is 5.97 Å². The third kappa shape index (κ3) is 16.2. The number of nitrogens with one attached hydrogen (secondary N) is 1. The van der Waals surface area contributed by atoms with E-state index in [2.05, 4.69) is 9.89 Å². The van der Waals surface area contributed by atoms with E-state index < -0.39 is 74.8 Å². The fraction of sp³-hybridized carbons (Fsp3) is 0.421. The molecule has 22 nitrogen and oxygen atoms in total. The number of carbonyl (C=O) groups excluding carboxylic acids is 4. The molecule has 3 amide bonds. The van der Waals surface area contributed by atoms with E-state index in [4.69, 9.17) is 9.57 Å². The monoisotopic (exact) mass is 1230 g/mol. The average Bonchev–Trinajstić information content (AvgIpc) is 1.93. The van der Waals surface area contributed by atoms with Crippen molar-refractivity contribution in [1.29, 1.82) is 0 Å². The summed E-state index contributed by atoms with van der Waals surface area (Å²) in [4.78, 5) is 53.9. The summed E-state index contributed by atoms with van der Waals surface area (Å²) in [7, 11) is -18.0. The predicted molar refractivity (Wildman–Crippen MR) is 306 cm³/mol. The predicted octanol–water partition coefficient (Wildman–Crippen LogP) is 8.16. The Morgan fingerprint density at radius 1 is 0.663 bits per heavy atom. The van der Waals surface area contributed by atoms with Gasteiger partial charge in [0.25, 0.3) is 52.3 Å². The van der Waals surface area contributed by atoms with E-state index in [1.807, 2.05) is 56.9 Å². The number of rotatable bonds is 27. The number of hydrogen-bond donors (Lipinski definition) is 5. The first-order valence-electron chi connectivity index (χ1n) is 27.1. The number of allylic oxidation sites excluding steroid dienone is 7. The van der Waals surface area contributed by atoms with E-state index in [1.54, 1.807) is 12.1 Å². The molecule has 83 heavy (non-hydrogen) atoms. The van der Waals surface area contributed by atoms with E-state index in [9.17, 15) is 71.1 Å². The highest BCUT2D eigenvalue weighted by molar-refractivity contribution is 7.86. The summed E-state index contributed by atoms with van der Waals surface area (Å²) in [5.74, 6) is -2.03. The van der Waals surface area contributed by atoms with Gasteiger partial charge in [0.05, 0.1) is 25.9 Å². The van der Waals surface area contributed by atoms with E-state index in [0.29, 0.717) is 116 Å². The van der Waals surface area contributed by atoms with Gasteiger partial charge < -0.3 is 19.8 Å². The van der Waals surface area contributed by atoms with Gasteiger partial charge in [0.1, 0.15) is 18.1 Å². The fourth-order valence-corrected chi connectivity index (χ4v) is 12.7. The maximum atomic E-state index is 12.8. The molecular formula is C57H69N4O18S4+. The molecule has 26 heteroatoms. The normalized spacial score (nSPS) is 18.0. The largest absolute Gasteiger partial charge is 0.457 e. The summed E-state index contributed by atoms with van der Waals surface area (Å²) >= 11 is 0. The Morgan fingerprint density at radius 3 is 1.92 bits per heavy atom. The minimum absolute atomic E-state index is 0.0276. The van der Waals surface area contributed by atoms with Crippen LogP contribution in [0.5, 0.6) is 5.75 Å². The van der Waals surface area contributed by atoms with Crippen molar-refractivity contribution in [3.63, 3.8) is 0 Å². The lowest BCUT2D eigenvalue weighted by Gasteiger charge is -2.27. The lowest BCUT2D eigenvalue weighted by molar-refractivity contribution is -0.438. The number of ether oxygens (including phenoxy) is 1. The number of anilines is 1. The molecule has 0 saturated carbocycles. The maximum Gasteiger partial charge on any atom is 0.333 e. The molecule has 0 atom stereocenters. The van der Waals surface area contributed by atoms with Gasteiger partial charge in [-0.05, 0) is 155 Å². The number of imide groups is 1. The second kappa shape index (κ2) is 26.1. The van der Waals surface area contributed by atoms with Crippen molar-refractivity contribution in [1.82, 2.24) is 10.4 Å². The number of benzene rings is 3. The van der Waals surface area contributed by atoms with Gasteiger partial charge in [-0.3, -0.25) is 32.6 Å². The zero-order valence-corrected chi connectivity index (χ0v) is 49.7. The Morgan fingerprint density at radius 2 is 1.27 bits per heavy atom. The van der Waals surface area contributed by atoms with Gasteiger partial charge in [-0.1, -0.05) is 37.8 Å². The van der Waals surface area contributed by atoms with Gasteiger partial charge in [0.2, 0.25) is 11.6 Å². The molecule has 448 valence electrons.